The predicted molar refractivity (Wildman–Crippen MR) is 271 cm³/mol. The third-order valence-electron chi connectivity index (χ3n) is 12.8. The molecule has 0 unspecified atom stereocenters. The Morgan fingerprint density at radius 2 is 0.635 bits per heavy atom. The van der Waals surface area contributed by atoms with Crippen LogP contribution in [0.4, 0.5) is 26.3 Å². The second-order valence-corrected chi connectivity index (χ2v) is 17.4. The molecule has 0 N–H and O–H groups in total. The molecule has 74 heavy (non-hydrogen) atoms. The molecule has 8 heterocycles. The van der Waals surface area contributed by atoms with E-state index >= 15 is 0 Å². The Morgan fingerprint density at radius 1 is 0.311 bits per heavy atom. The van der Waals surface area contributed by atoms with Gasteiger partial charge in [0.25, 0.3) is 0 Å². The van der Waals surface area contributed by atoms with Crippen LogP contribution < -0.4 is 0 Å². The van der Waals surface area contributed by atoms with Crippen molar-refractivity contribution >= 4 is 44.1 Å². The highest BCUT2D eigenvalue weighted by Gasteiger charge is 2.21. The maximum absolute atomic E-state index is 14.7. The maximum atomic E-state index is 14.7. The molecule has 0 saturated heterocycles. The van der Waals surface area contributed by atoms with Crippen molar-refractivity contribution in [2.24, 2.45) is 0 Å². The molecule has 8 nitrogen and oxygen atoms in total. The van der Waals surface area contributed by atoms with Gasteiger partial charge in [-0.25, -0.2) is 46.3 Å². The molecule has 14 heteroatoms. The van der Waals surface area contributed by atoms with Crippen LogP contribution in [0.25, 0.3) is 134 Å². The highest BCUT2D eigenvalue weighted by molar-refractivity contribution is 6.10. The van der Waals surface area contributed by atoms with Gasteiger partial charge in [0.15, 0.2) is 11.2 Å². The van der Waals surface area contributed by atoms with Crippen LogP contribution >= 0.6 is 0 Å². The second-order valence-electron chi connectivity index (χ2n) is 17.4. The average molecular weight is 981 g/mol. The molecule has 0 amide bonds. The molecule has 5 aromatic carbocycles. The SMILES string of the molecule is Fc1cc(F)c(-c2cccc(-c3cccc(-c4ccc5oc6c(-c7ccc(-c8ccnc9c8oc8ccc(-c%10cccc(-c%11cccc(-c%12c(F)cc(F)cc%12F)n%11)n%10)cc89)cc7)ccnc6c5c4)n3)n2)c(F)c1. The number of hydrogen-bond donors (Lipinski definition) is 0. The van der Waals surface area contributed by atoms with Gasteiger partial charge in [-0.2, -0.15) is 0 Å². The molecule has 354 valence electrons. The van der Waals surface area contributed by atoms with Gasteiger partial charge >= 0.3 is 0 Å². The Kier molecular flexibility index (Phi) is 10.4. The summed E-state index contributed by atoms with van der Waals surface area (Å²) < 4.78 is 98.9. The van der Waals surface area contributed by atoms with Gasteiger partial charge < -0.3 is 8.83 Å². The largest absolute Gasteiger partial charge is 0.454 e. The second kappa shape index (κ2) is 17.5. The van der Waals surface area contributed by atoms with E-state index in [2.05, 4.69) is 9.97 Å². The molecule has 0 radical (unpaired) electrons. The summed E-state index contributed by atoms with van der Waals surface area (Å²) in [6.45, 7) is 0. The Morgan fingerprint density at radius 3 is 1.01 bits per heavy atom. The number of hydrogen-bond acceptors (Lipinski definition) is 8. The third-order valence-corrected chi connectivity index (χ3v) is 12.8. The van der Waals surface area contributed by atoms with Gasteiger partial charge in [-0.1, -0.05) is 48.5 Å². The van der Waals surface area contributed by atoms with Crippen molar-refractivity contribution < 1.29 is 35.2 Å². The molecule has 8 aromatic heterocycles. The summed E-state index contributed by atoms with van der Waals surface area (Å²) in [5, 5.41) is 1.56. The van der Waals surface area contributed by atoms with Crippen molar-refractivity contribution in [3.8, 4) is 90.1 Å². The van der Waals surface area contributed by atoms with E-state index in [9.17, 15) is 26.3 Å². The molecule has 0 atom stereocenters. The molecule has 0 fully saturated rings. The molecule has 0 aliphatic rings. The fraction of sp³-hybridized carbons (Fsp3) is 0. The molecule has 13 aromatic rings. The Bertz CT molecular complexity index is 4100. The van der Waals surface area contributed by atoms with Crippen LogP contribution in [0.15, 0.2) is 191 Å². The molecule has 0 spiro atoms. The molecule has 0 bridgehead atoms. The van der Waals surface area contributed by atoms with Crippen molar-refractivity contribution in [2.75, 3.05) is 0 Å². The van der Waals surface area contributed by atoms with Gasteiger partial charge in [0.1, 0.15) is 57.1 Å². The fourth-order valence-electron chi connectivity index (χ4n) is 9.40. The minimum atomic E-state index is -1.05. The summed E-state index contributed by atoms with van der Waals surface area (Å²) >= 11 is 0. The van der Waals surface area contributed by atoms with Gasteiger partial charge in [-0.15, -0.1) is 0 Å². The Labute approximate surface area is 415 Å². The zero-order valence-corrected chi connectivity index (χ0v) is 38.1. The van der Waals surface area contributed by atoms with Crippen molar-refractivity contribution in [3.05, 3.63) is 217 Å². The highest BCUT2D eigenvalue weighted by atomic mass is 19.2. The van der Waals surface area contributed by atoms with E-state index in [1.807, 2.05) is 97.1 Å². The van der Waals surface area contributed by atoms with Crippen LogP contribution in [0.2, 0.25) is 0 Å². The van der Waals surface area contributed by atoms with Gasteiger partial charge in [0.05, 0.1) is 56.7 Å². The molecular weight excluding hydrogens is 951 g/mol. The minimum Gasteiger partial charge on any atom is -0.454 e. The van der Waals surface area contributed by atoms with E-state index in [0.717, 1.165) is 44.2 Å². The predicted octanol–water partition coefficient (Wildman–Crippen LogP) is 16.0. The molecule has 13 rings (SSSR count). The minimum absolute atomic E-state index is 0.00951. The summed E-state index contributed by atoms with van der Waals surface area (Å²) in [7, 11) is 0. The van der Waals surface area contributed by atoms with E-state index < -0.39 is 46.0 Å². The van der Waals surface area contributed by atoms with Gasteiger partial charge in [0.2, 0.25) is 0 Å². The van der Waals surface area contributed by atoms with Crippen LogP contribution in [0, 0.1) is 34.9 Å². The first-order valence-corrected chi connectivity index (χ1v) is 23.0. The van der Waals surface area contributed by atoms with Gasteiger partial charge in [-0.3, -0.25) is 9.97 Å². The Balaban J connectivity index is 0.784. The average Bonchev–Trinajstić information content (AvgIpc) is 4.00. The number of furan rings is 2. The van der Waals surface area contributed by atoms with Crippen molar-refractivity contribution in [3.63, 3.8) is 0 Å². The van der Waals surface area contributed by atoms with Gasteiger partial charge in [-0.05, 0) is 108 Å². The van der Waals surface area contributed by atoms with E-state index in [-0.39, 0.29) is 11.4 Å². The highest BCUT2D eigenvalue weighted by Crippen LogP contribution is 2.40. The van der Waals surface area contributed by atoms with Crippen LogP contribution in [-0.2, 0) is 0 Å². The topological polar surface area (TPSA) is 104 Å². The summed E-state index contributed by atoms with van der Waals surface area (Å²) in [6, 6.07) is 46.2. The van der Waals surface area contributed by atoms with Crippen molar-refractivity contribution in [1.29, 1.82) is 0 Å². The number of aromatic nitrogens is 6. The number of halogens is 6. The summed E-state index contributed by atoms with van der Waals surface area (Å²) in [5.74, 6) is -6.24. The summed E-state index contributed by atoms with van der Waals surface area (Å²) in [4.78, 5) is 28.1. The maximum Gasteiger partial charge on any atom is 0.161 e. The number of fused-ring (bicyclic) bond motifs is 6. The van der Waals surface area contributed by atoms with Crippen LogP contribution in [0.5, 0.6) is 0 Å². The van der Waals surface area contributed by atoms with E-state index in [4.69, 9.17) is 28.8 Å². The van der Waals surface area contributed by atoms with Crippen LogP contribution in [-0.4, -0.2) is 29.9 Å². The summed E-state index contributed by atoms with van der Waals surface area (Å²) in [6.07, 6.45) is 3.49. The summed E-state index contributed by atoms with van der Waals surface area (Å²) in [5.41, 5.74) is 10.9. The third kappa shape index (κ3) is 7.67. The van der Waals surface area contributed by atoms with E-state index in [0.29, 0.717) is 91.8 Å². The van der Waals surface area contributed by atoms with Crippen LogP contribution in [0.1, 0.15) is 0 Å². The molecular formula is C60H30F6N6O2. The molecule has 0 aliphatic heterocycles. The number of rotatable bonds is 8. The monoisotopic (exact) mass is 980 g/mol. The number of benzene rings is 5. The fourth-order valence-corrected chi connectivity index (χ4v) is 9.40. The van der Waals surface area contributed by atoms with Crippen molar-refractivity contribution in [1.82, 2.24) is 29.9 Å². The first kappa shape index (κ1) is 44.1. The first-order valence-electron chi connectivity index (χ1n) is 23.0. The standard InChI is InChI=1S/C60H30F6N6O2/c61-35-27-41(63)55(42(64)28-35)51-11-3-9-49(71-51)47-7-1-5-45(69-47)33-17-19-53-39(25-33)57-59(73-53)37(21-23-67-57)31-13-15-32(16-14-31)38-22-24-68-58-40-26-34(18-20-54(40)74-60(38)58)46-6-2-8-48(70-46)50-10-4-12-52(72-50)56-43(65)29-36(62)30-44(56)66/h1-30H. The van der Waals surface area contributed by atoms with Crippen molar-refractivity contribution in [2.45, 2.75) is 0 Å². The molecule has 0 aliphatic carbocycles. The lowest BCUT2D eigenvalue weighted by Crippen LogP contribution is -1.97. The number of pyridine rings is 6. The zero-order chi connectivity index (χ0) is 50.2. The van der Waals surface area contributed by atoms with E-state index in [1.165, 1.54) is 12.1 Å². The normalized spacial score (nSPS) is 11.6. The zero-order valence-electron chi connectivity index (χ0n) is 38.1. The first-order chi connectivity index (χ1) is 36.1. The lowest BCUT2D eigenvalue weighted by Gasteiger charge is -2.08. The number of nitrogens with zero attached hydrogens (tertiary/aromatic N) is 6. The van der Waals surface area contributed by atoms with Gasteiger partial charge in [0, 0.05) is 69.7 Å². The van der Waals surface area contributed by atoms with E-state index in [1.54, 1.807) is 48.8 Å². The Hall–Kier alpha value is -9.82. The quantitative estimate of drug-likeness (QED) is 0.139. The lowest BCUT2D eigenvalue weighted by atomic mass is 9.99. The lowest BCUT2D eigenvalue weighted by molar-refractivity contribution is 0.546. The molecule has 0 saturated carbocycles. The van der Waals surface area contributed by atoms with Crippen LogP contribution in [0.3, 0.4) is 0 Å². The smallest absolute Gasteiger partial charge is 0.161 e.